The molecule has 0 saturated carbocycles. The summed E-state index contributed by atoms with van der Waals surface area (Å²) >= 11 is 0. The Kier molecular flexibility index (Phi) is 3.41. The average Bonchev–Trinajstić information content (AvgIpc) is 2.73. The Morgan fingerprint density at radius 3 is 2.58 bits per heavy atom. The summed E-state index contributed by atoms with van der Waals surface area (Å²) in [6.07, 6.45) is -0.355. The molecule has 1 aliphatic heterocycles. The zero-order chi connectivity index (χ0) is 14.2. The van der Waals surface area contributed by atoms with Gasteiger partial charge in [0.15, 0.2) is 0 Å². The zero-order valence-corrected chi connectivity index (χ0v) is 11.6. The van der Waals surface area contributed by atoms with Gasteiger partial charge in [-0.1, -0.05) is 6.07 Å². The molecule has 0 radical (unpaired) electrons. The first-order valence-corrected chi connectivity index (χ1v) is 6.29. The number of hydrogen-bond acceptors (Lipinski definition) is 4. The molecule has 0 atom stereocenters. The lowest BCUT2D eigenvalue weighted by Crippen LogP contribution is -2.33. The van der Waals surface area contributed by atoms with Crippen molar-refractivity contribution in [3.63, 3.8) is 0 Å². The van der Waals surface area contributed by atoms with Crippen molar-refractivity contribution in [2.45, 2.75) is 46.1 Å². The highest BCUT2D eigenvalue weighted by Gasteiger charge is 2.30. The number of nitrogens with zero attached hydrogens (tertiary/aromatic N) is 1. The number of nitrogens with two attached hydrogens (primary N) is 1. The summed E-state index contributed by atoms with van der Waals surface area (Å²) < 4.78 is 5.35. The molecule has 1 aromatic carbocycles. The molecule has 1 aromatic rings. The predicted molar refractivity (Wildman–Crippen MR) is 72.3 cm³/mol. The number of ether oxygens (including phenoxy) is 1. The van der Waals surface area contributed by atoms with Crippen molar-refractivity contribution in [3.05, 3.63) is 28.8 Å². The van der Waals surface area contributed by atoms with Crippen molar-refractivity contribution in [3.8, 4) is 0 Å². The maximum absolute atomic E-state index is 12.0. The van der Waals surface area contributed by atoms with E-state index in [1.807, 2.05) is 20.8 Å². The molecule has 0 aromatic heterocycles. The van der Waals surface area contributed by atoms with Gasteiger partial charge in [0, 0.05) is 5.69 Å². The molecule has 19 heavy (non-hydrogen) atoms. The largest absolute Gasteiger partial charge is 0.444 e. The molecule has 104 valence electrons. The van der Waals surface area contributed by atoms with E-state index in [1.165, 1.54) is 0 Å². The van der Waals surface area contributed by atoms with Crippen LogP contribution in [0.2, 0.25) is 0 Å². The van der Waals surface area contributed by atoms with Gasteiger partial charge in [-0.3, -0.25) is 4.90 Å². The van der Waals surface area contributed by atoms with E-state index in [0.717, 1.165) is 16.7 Å². The second-order valence-electron chi connectivity index (χ2n) is 5.77. The monoisotopic (exact) mass is 264 g/mol. The molecule has 5 heteroatoms. The quantitative estimate of drug-likeness (QED) is 0.761. The maximum atomic E-state index is 12.0. The molecule has 0 saturated heterocycles. The van der Waals surface area contributed by atoms with Crippen LogP contribution in [0.5, 0.6) is 0 Å². The second-order valence-corrected chi connectivity index (χ2v) is 5.77. The fourth-order valence-corrected chi connectivity index (χ4v) is 2.18. The van der Waals surface area contributed by atoms with Gasteiger partial charge in [0.25, 0.3) is 0 Å². The van der Waals surface area contributed by atoms with Crippen LogP contribution < -0.4 is 5.73 Å². The second kappa shape index (κ2) is 4.74. The van der Waals surface area contributed by atoms with Crippen LogP contribution in [-0.4, -0.2) is 21.7 Å². The van der Waals surface area contributed by atoms with E-state index in [4.69, 9.17) is 10.5 Å². The molecule has 0 bridgehead atoms. The molecule has 1 amide bonds. The lowest BCUT2D eigenvalue weighted by Gasteiger charge is -2.24. The number of benzene rings is 1. The average molecular weight is 264 g/mol. The van der Waals surface area contributed by atoms with Crippen molar-refractivity contribution >= 4 is 11.8 Å². The standard InChI is InChI=1S/C14H20N2O3/c1-14(2,3)19-13(18)16-6-10-9(8-17)4-5-12(15)11(10)7-16/h4-5,17H,6-8,15H2,1-3H3. The van der Waals surface area contributed by atoms with E-state index in [0.29, 0.717) is 18.8 Å². The van der Waals surface area contributed by atoms with E-state index in [1.54, 1.807) is 17.0 Å². The van der Waals surface area contributed by atoms with Crippen LogP contribution in [0.4, 0.5) is 10.5 Å². The van der Waals surface area contributed by atoms with Crippen LogP contribution in [-0.2, 0) is 24.4 Å². The van der Waals surface area contributed by atoms with Gasteiger partial charge in [0.1, 0.15) is 5.60 Å². The predicted octanol–water partition coefficient (Wildman–Crippen LogP) is 2.01. The number of carbonyl (C=O) groups is 1. The van der Waals surface area contributed by atoms with E-state index in [2.05, 4.69) is 0 Å². The minimum Gasteiger partial charge on any atom is -0.444 e. The van der Waals surface area contributed by atoms with E-state index in [9.17, 15) is 9.90 Å². The third-order valence-corrected chi connectivity index (χ3v) is 3.08. The first kappa shape index (κ1) is 13.7. The Morgan fingerprint density at radius 2 is 2.00 bits per heavy atom. The molecule has 0 fully saturated rings. The summed E-state index contributed by atoms with van der Waals surface area (Å²) in [6, 6.07) is 3.57. The van der Waals surface area contributed by atoms with Crippen LogP contribution in [0.3, 0.4) is 0 Å². The van der Waals surface area contributed by atoms with Crippen molar-refractivity contribution in [2.75, 3.05) is 5.73 Å². The summed E-state index contributed by atoms with van der Waals surface area (Å²) in [6.45, 7) is 6.32. The third kappa shape index (κ3) is 2.81. The minimum absolute atomic E-state index is 0.0508. The lowest BCUT2D eigenvalue weighted by molar-refractivity contribution is 0.0241. The number of aliphatic hydroxyl groups excluding tert-OH is 1. The third-order valence-electron chi connectivity index (χ3n) is 3.08. The molecular weight excluding hydrogens is 244 g/mol. The lowest BCUT2D eigenvalue weighted by atomic mass is 10.0. The molecule has 0 aliphatic carbocycles. The van der Waals surface area contributed by atoms with Crippen LogP contribution in [0.15, 0.2) is 12.1 Å². The first-order chi connectivity index (χ1) is 8.81. The number of rotatable bonds is 1. The summed E-state index contributed by atoms with van der Waals surface area (Å²) in [5.41, 5.74) is 8.73. The van der Waals surface area contributed by atoms with Crippen molar-refractivity contribution in [1.29, 1.82) is 0 Å². The van der Waals surface area contributed by atoms with Gasteiger partial charge in [-0.05, 0) is 43.5 Å². The Morgan fingerprint density at radius 1 is 1.37 bits per heavy atom. The van der Waals surface area contributed by atoms with Gasteiger partial charge in [0.2, 0.25) is 0 Å². The molecule has 1 heterocycles. The van der Waals surface area contributed by atoms with Gasteiger partial charge in [-0.15, -0.1) is 0 Å². The normalized spacial score (nSPS) is 14.4. The minimum atomic E-state index is -0.517. The summed E-state index contributed by atoms with van der Waals surface area (Å²) in [7, 11) is 0. The Balaban J connectivity index is 2.20. The van der Waals surface area contributed by atoms with E-state index in [-0.39, 0.29) is 12.7 Å². The maximum Gasteiger partial charge on any atom is 0.410 e. The Bertz CT molecular complexity index is 506. The van der Waals surface area contributed by atoms with Gasteiger partial charge in [-0.25, -0.2) is 4.79 Å². The Hall–Kier alpha value is -1.75. The molecular formula is C14H20N2O3. The molecule has 2 rings (SSSR count). The molecule has 3 N–H and O–H groups in total. The van der Waals surface area contributed by atoms with Gasteiger partial charge < -0.3 is 15.6 Å². The van der Waals surface area contributed by atoms with Crippen molar-refractivity contribution in [1.82, 2.24) is 4.90 Å². The number of hydrogen-bond donors (Lipinski definition) is 2. The summed E-state index contributed by atoms with van der Waals surface area (Å²) in [5, 5.41) is 9.33. The van der Waals surface area contributed by atoms with Crippen LogP contribution in [0, 0.1) is 0 Å². The van der Waals surface area contributed by atoms with Gasteiger partial charge >= 0.3 is 6.09 Å². The number of aliphatic hydroxyl groups is 1. The van der Waals surface area contributed by atoms with Crippen molar-refractivity contribution in [2.24, 2.45) is 0 Å². The molecule has 1 aliphatic rings. The fraction of sp³-hybridized carbons (Fsp3) is 0.500. The zero-order valence-electron chi connectivity index (χ0n) is 11.6. The topological polar surface area (TPSA) is 75.8 Å². The number of amides is 1. The van der Waals surface area contributed by atoms with Crippen LogP contribution in [0.25, 0.3) is 0 Å². The first-order valence-electron chi connectivity index (χ1n) is 6.29. The van der Waals surface area contributed by atoms with Crippen LogP contribution in [0.1, 0.15) is 37.5 Å². The highest BCUT2D eigenvalue weighted by Crippen LogP contribution is 2.31. The van der Waals surface area contributed by atoms with Gasteiger partial charge in [0.05, 0.1) is 19.7 Å². The van der Waals surface area contributed by atoms with E-state index < -0.39 is 5.60 Å². The smallest absolute Gasteiger partial charge is 0.410 e. The fourth-order valence-electron chi connectivity index (χ4n) is 2.18. The highest BCUT2D eigenvalue weighted by atomic mass is 16.6. The highest BCUT2D eigenvalue weighted by molar-refractivity contribution is 5.71. The number of anilines is 1. The van der Waals surface area contributed by atoms with Crippen LogP contribution >= 0.6 is 0 Å². The Labute approximate surface area is 113 Å². The molecule has 5 nitrogen and oxygen atoms in total. The summed E-state index contributed by atoms with van der Waals surface area (Å²) in [5.74, 6) is 0. The number of carbonyl (C=O) groups excluding carboxylic acids is 1. The number of nitrogen functional groups attached to an aromatic ring is 1. The summed E-state index contributed by atoms with van der Waals surface area (Å²) in [4.78, 5) is 13.6. The van der Waals surface area contributed by atoms with Gasteiger partial charge in [-0.2, -0.15) is 0 Å². The number of fused-ring (bicyclic) bond motifs is 1. The van der Waals surface area contributed by atoms with Crippen molar-refractivity contribution < 1.29 is 14.6 Å². The molecule has 0 unspecified atom stereocenters. The SMILES string of the molecule is CC(C)(C)OC(=O)N1Cc2c(N)ccc(CO)c2C1. The van der Waals surface area contributed by atoms with E-state index >= 15 is 0 Å². The molecule has 0 spiro atoms.